The second-order valence-corrected chi connectivity index (χ2v) is 6.83. The molecule has 1 aromatic rings. The largest absolute Gasteiger partial charge is 0.444 e. The van der Waals surface area contributed by atoms with Crippen molar-refractivity contribution in [3.8, 4) is 0 Å². The molecule has 0 atom stereocenters. The van der Waals surface area contributed by atoms with Crippen LogP contribution < -0.4 is 0 Å². The molecule has 2 heterocycles. The third-order valence-electron chi connectivity index (χ3n) is 2.75. The van der Waals surface area contributed by atoms with Gasteiger partial charge in [0.05, 0.1) is 25.0 Å². The van der Waals surface area contributed by atoms with Crippen molar-refractivity contribution in [3.05, 3.63) is 11.9 Å². The Morgan fingerprint density at radius 2 is 2.05 bits per heavy atom. The van der Waals surface area contributed by atoms with Gasteiger partial charge >= 0.3 is 16.3 Å². The zero-order chi connectivity index (χ0) is 15.1. The van der Waals surface area contributed by atoms with Crippen molar-refractivity contribution >= 4 is 16.3 Å². The van der Waals surface area contributed by atoms with E-state index in [0.29, 0.717) is 13.1 Å². The van der Waals surface area contributed by atoms with Crippen LogP contribution in [0.4, 0.5) is 8.68 Å². The van der Waals surface area contributed by atoms with Gasteiger partial charge in [-0.15, -0.1) is 3.89 Å². The average molecular weight is 305 g/mol. The van der Waals surface area contributed by atoms with Gasteiger partial charge in [-0.2, -0.15) is 13.5 Å². The first-order chi connectivity index (χ1) is 9.08. The van der Waals surface area contributed by atoms with E-state index >= 15 is 0 Å². The van der Waals surface area contributed by atoms with Crippen molar-refractivity contribution in [2.45, 2.75) is 44.4 Å². The zero-order valence-electron chi connectivity index (χ0n) is 11.5. The summed E-state index contributed by atoms with van der Waals surface area (Å²) in [6.45, 7) is 5.77. The summed E-state index contributed by atoms with van der Waals surface area (Å²) in [6, 6.07) is 0. The zero-order valence-corrected chi connectivity index (χ0v) is 12.3. The van der Waals surface area contributed by atoms with E-state index in [4.69, 9.17) is 4.74 Å². The standard InChI is InChI=1S/C11H16FN3O4S/c1-11(2,3)19-10(16)14-4-5-15-8(7-14)9(6-13-15)20(12,17)18/h6H,4-5,7H2,1-3H3. The predicted molar refractivity (Wildman–Crippen MR) is 67.2 cm³/mol. The topological polar surface area (TPSA) is 81.5 Å². The summed E-state index contributed by atoms with van der Waals surface area (Å²) in [6.07, 6.45) is 0.399. The molecular formula is C11H16FN3O4S. The van der Waals surface area contributed by atoms with Crippen LogP contribution in [0.15, 0.2) is 11.1 Å². The monoisotopic (exact) mass is 305 g/mol. The van der Waals surface area contributed by atoms with Gasteiger partial charge in [-0.05, 0) is 20.8 Å². The lowest BCUT2D eigenvalue weighted by Crippen LogP contribution is -2.41. The molecule has 0 N–H and O–H groups in total. The Bertz CT molecular complexity index is 633. The molecule has 1 aliphatic heterocycles. The van der Waals surface area contributed by atoms with Crippen LogP contribution in [0.25, 0.3) is 0 Å². The fourth-order valence-corrected chi connectivity index (χ4v) is 2.53. The third-order valence-corrected chi connectivity index (χ3v) is 3.61. The molecule has 0 aliphatic carbocycles. The van der Waals surface area contributed by atoms with Gasteiger partial charge in [0.25, 0.3) is 0 Å². The summed E-state index contributed by atoms with van der Waals surface area (Å²) < 4.78 is 41.7. The Hall–Kier alpha value is -1.64. The molecule has 0 aromatic carbocycles. The molecule has 9 heteroatoms. The Morgan fingerprint density at radius 1 is 1.40 bits per heavy atom. The van der Waals surface area contributed by atoms with Gasteiger partial charge in [-0.1, -0.05) is 0 Å². The van der Waals surface area contributed by atoms with Gasteiger partial charge < -0.3 is 9.64 Å². The summed E-state index contributed by atoms with van der Waals surface area (Å²) in [5, 5.41) is 3.81. The van der Waals surface area contributed by atoms with Gasteiger partial charge in [0.15, 0.2) is 0 Å². The van der Waals surface area contributed by atoms with E-state index in [1.54, 1.807) is 20.8 Å². The molecule has 20 heavy (non-hydrogen) atoms. The molecule has 112 valence electrons. The van der Waals surface area contributed by atoms with Crippen LogP contribution in [0.2, 0.25) is 0 Å². The van der Waals surface area contributed by atoms with E-state index in [1.807, 2.05) is 0 Å². The maximum absolute atomic E-state index is 13.1. The second kappa shape index (κ2) is 4.72. The number of halogens is 1. The molecule has 0 unspecified atom stereocenters. The van der Waals surface area contributed by atoms with Crippen molar-refractivity contribution in [2.75, 3.05) is 6.54 Å². The number of ether oxygens (including phenoxy) is 1. The first kappa shape index (κ1) is 14.8. The summed E-state index contributed by atoms with van der Waals surface area (Å²) in [5.41, 5.74) is -0.492. The fourth-order valence-electron chi connectivity index (χ4n) is 1.91. The summed E-state index contributed by atoms with van der Waals surface area (Å²) in [4.78, 5) is 12.8. The Kier molecular flexibility index (Phi) is 3.49. The van der Waals surface area contributed by atoms with Crippen LogP contribution >= 0.6 is 0 Å². The Morgan fingerprint density at radius 3 is 2.60 bits per heavy atom. The number of carbonyl (C=O) groups excluding carboxylic acids is 1. The number of carbonyl (C=O) groups is 1. The van der Waals surface area contributed by atoms with Crippen LogP contribution in [-0.2, 0) is 28.0 Å². The highest BCUT2D eigenvalue weighted by Gasteiger charge is 2.31. The number of amides is 1. The minimum absolute atomic E-state index is 0.0482. The smallest absolute Gasteiger partial charge is 0.410 e. The van der Waals surface area contributed by atoms with Crippen molar-refractivity contribution in [3.63, 3.8) is 0 Å². The van der Waals surface area contributed by atoms with Crippen LogP contribution in [0.3, 0.4) is 0 Å². The van der Waals surface area contributed by atoms with E-state index in [1.165, 1.54) is 9.58 Å². The van der Waals surface area contributed by atoms with E-state index in [2.05, 4.69) is 5.10 Å². The maximum Gasteiger partial charge on any atom is 0.410 e. The van der Waals surface area contributed by atoms with E-state index in [9.17, 15) is 17.1 Å². The highest BCUT2D eigenvalue weighted by atomic mass is 32.3. The number of hydrogen-bond acceptors (Lipinski definition) is 5. The quantitative estimate of drug-likeness (QED) is 0.730. The lowest BCUT2D eigenvalue weighted by Gasteiger charge is -2.30. The number of rotatable bonds is 1. The van der Waals surface area contributed by atoms with Gasteiger partial charge in [0.2, 0.25) is 0 Å². The average Bonchev–Trinajstić information content (AvgIpc) is 2.68. The van der Waals surface area contributed by atoms with E-state index in [0.717, 1.165) is 6.20 Å². The van der Waals surface area contributed by atoms with Gasteiger partial charge in [-0.3, -0.25) is 4.68 Å². The van der Waals surface area contributed by atoms with Crippen LogP contribution in [0, 0.1) is 0 Å². The molecule has 0 saturated carbocycles. The number of fused-ring (bicyclic) bond motifs is 1. The Labute approximate surface area is 116 Å². The minimum atomic E-state index is -4.85. The number of hydrogen-bond donors (Lipinski definition) is 0. The summed E-state index contributed by atoms with van der Waals surface area (Å²) in [7, 11) is -4.85. The fraction of sp³-hybridized carbons (Fsp3) is 0.636. The second-order valence-electron chi connectivity index (χ2n) is 5.52. The highest BCUT2D eigenvalue weighted by Crippen LogP contribution is 2.23. The molecule has 1 aliphatic rings. The lowest BCUT2D eigenvalue weighted by molar-refractivity contribution is 0.0192. The van der Waals surface area contributed by atoms with Gasteiger partial charge in [0, 0.05) is 6.54 Å². The summed E-state index contributed by atoms with van der Waals surface area (Å²) in [5.74, 6) is 0. The van der Waals surface area contributed by atoms with E-state index in [-0.39, 0.29) is 12.2 Å². The molecule has 1 aromatic heterocycles. The molecule has 7 nitrogen and oxygen atoms in total. The van der Waals surface area contributed by atoms with Crippen LogP contribution in [0.5, 0.6) is 0 Å². The normalized spacial score (nSPS) is 15.9. The van der Waals surface area contributed by atoms with Crippen molar-refractivity contribution in [2.24, 2.45) is 0 Å². The van der Waals surface area contributed by atoms with E-state index < -0.39 is 26.8 Å². The molecule has 0 saturated heterocycles. The van der Waals surface area contributed by atoms with Crippen molar-refractivity contribution in [1.82, 2.24) is 14.7 Å². The first-order valence-electron chi connectivity index (χ1n) is 6.05. The molecule has 2 rings (SSSR count). The number of aromatic nitrogens is 2. The SMILES string of the molecule is CC(C)(C)OC(=O)N1CCn2ncc(S(=O)(=O)F)c2C1. The van der Waals surface area contributed by atoms with Crippen LogP contribution in [0.1, 0.15) is 26.5 Å². The Balaban J connectivity index is 2.22. The van der Waals surface area contributed by atoms with Gasteiger partial charge in [-0.25, -0.2) is 4.79 Å². The van der Waals surface area contributed by atoms with Gasteiger partial charge in [0.1, 0.15) is 10.5 Å². The summed E-state index contributed by atoms with van der Waals surface area (Å²) >= 11 is 0. The van der Waals surface area contributed by atoms with Crippen molar-refractivity contribution < 1.29 is 21.8 Å². The maximum atomic E-state index is 13.1. The highest BCUT2D eigenvalue weighted by molar-refractivity contribution is 7.86. The predicted octanol–water partition coefficient (Wildman–Crippen LogP) is 1.29. The molecule has 0 fully saturated rings. The molecule has 0 bridgehead atoms. The first-order valence-corrected chi connectivity index (χ1v) is 7.43. The molecular weight excluding hydrogens is 289 g/mol. The number of nitrogens with zero attached hydrogens (tertiary/aromatic N) is 3. The third kappa shape index (κ3) is 3.09. The van der Waals surface area contributed by atoms with Crippen LogP contribution in [-0.4, -0.2) is 41.3 Å². The van der Waals surface area contributed by atoms with Crippen molar-refractivity contribution in [1.29, 1.82) is 0 Å². The molecule has 1 amide bonds. The molecule has 0 spiro atoms. The lowest BCUT2D eigenvalue weighted by atomic mass is 10.2. The molecule has 0 radical (unpaired) electrons. The minimum Gasteiger partial charge on any atom is -0.444 e.